The standard InChI is InChI=1S/C19H16N4OS2/c1-12-16-18(26-17(12)14-6-4-13(10-24)5-7-14)19(21-11-20-16)23-22-9-15-3-2-8-25-15/h2-9,11,24H,10H2,1H3,(H,20,21,23)/b22-9+. The van der Waals surface area contributed by atoms with Crippen molar-refractivity contribution in [2.24, 2.45) is 5.10 Å². The highest BCUT2D eigenvalue weighted by Gasteiger charge is 2.15. The van der Waals surface area contributed by atoms with Crippen LogP contribution < -0.4 is 5.43 Å². The topological polar surface area (TPSA) is 70.4 Å². The van der Waals surface area contributed by atoms with Crippen LogP contribution in [0.25, 0.3) is 20.7 Å². The molecule has 0 fully saturated rings. The maximum Gasteiger partial charge on any atom is 0.167 e. The zero-order chi connectivity index (χ0) is 17.9. The van der Waals surface area contributed by atoms with Crippen LogP contribution in [0.2, 0.25) is 0 Å². The lowest BCUT2D eigenvalue weighted by Crippen LogP contribution is -1.93. The van der Waals surface area contributed by atoms with Crippen LogP contribution >= 0.6 is 22.7 Å². The minimum Gasteiger partial charge on any atom is -0.392 e. The van der Waals surface area contributed by atoms with Crippen molar-refractivity contribution < 1.29 is 5.11 Å². The van der Waals surface area contributed by atoms with Crippen LogP contribution in [0.3, 0.4) is 0 Å². The van der Waals surface area contributed by atoms with E-state index < -0.39 is 0 Å². The van der Waals surface area contributed by atoms with E-state index in [-0.39, 0.29) is 6.61 Å². The zero-order valence-corrected chi connectivity index (χ0v) is 15.6. The quantitative estimate of drug-likeness (QED) is 0.390. The molecule has 3 heterocycles. The molecule has 130 valence electrons. The second-order valence-electron chi connectivity index (χ2n) is 5.70. The highest BCUT2D eigenvalue weighted by Crippen LogP contribution is 2.39. The lowest BCUT2D eigenvalue weighted by Gasteiger charge is -2.01. The summed E-state index contributed by atoms with van der Waals surface area (Å²) in [6, 6.07) is 11.9. The number of hydrogen-bond donors (Lipinski definition) is 2. The molecule has 3 aromatic heterocycles. The van der Waals surface area contributed by atoms with Crippen molar-refractivity contribution in [2.45, 2.75) is 13.5 Å². The summed E-state index contributed by atoms with van der Waals surface area (Å²) >= 11 is 3.27. The molecule has 26 heavy (non-hydrogen) atoms. The highest BCUT2D eigenvalue weighted by molar-refractivity contribution is 7.23. The number of benzene rings is 1. The molecule has 5 nitrogen and oxygen atoms in total. The largest absolute Gasteiger partial charge is 0.392 e. The summed E-state index contributed by atoms with van der Waals surface area (Å²) in [6.07, 6.45) is 3.34. The van der Waals surface area contributed by atoms with E-state index in [0.717, 1.165) is 36.7 Å². The molecule has 0 unspecified atom stereocenters. The van der Waals surface area contributed by atoms with Crippen LogP contribution in [0, 0.1) is 6.92 Å². The molecule has 0 saturated carbocycles. The van der Waals surface area contributed by atoms with Crippen LogP contribution in [0.1, 0.15) is 16.0 Å². The van der Waals surface area contributed by atoms with Crippen LogP contribution in [-0.4, -0.2) is 21.3 Å². The minimum atomic E-state index is 0.0491. The van der Waals surface area contributed by atoms with Gasteiger partial charge in [0, 0.05) is 9.75 Å². The molecule has 0 aliphatic rings. The molecule has 0 atom stereocenters. The van der Waals surface area contributed by atoms with E-state index in [1.165, 1.54) is 0 Å². The third-order valence-corrected chi connectivity index (χ3v) is 6.15. The zero-order valence-electron chi connectivity index (χ0n) is 14.0. The maximum absolute atomic E-state index is 9.22. The molecular weight excluding hydrogens is 364 g/mol. The fourth-order valence-electron chi connectivity index (χ4n) is 2.66. The van der Waals surface area contributed by atoms with Gasteiger partial charge in [0.25, 0.3) is 0 Å². The van der Waals surface area contributed by atoms with Gasteiger partial charge in [0.15, 0.2) is 5.82 Å². The van der Waals surface area contributed by atoms with Crippen molar-refractivity contribution >= 4 is 44.9 Å². The number of hydrazone groups is 1. The SMILES string of the molecule is Cc1c(-c2ccc(CO)cc2)sc2c(N/N=C/c3cccs3)ncnc12. The molecule has 0 radical (unpaired) electrons. The lowest BCUT2D eigenvalue weighted by molar-refractivity contribution is 0.282. The lowest BCUT2D eigenvalue weighted by atomic mass is 10.1. The van der Waals surface area contributed by atoms with Gasteiger partial charge >= 0.3 is 0 Å². The Hall–Kier alpha value is -2.61. The van der Waals surface area contributed by atoms with E-state index in [4.69, 9.17) is 0 Å². The van der Waals surface area contributed by atoms with Gasteiger partial charge in [0.1, 0.15) is 6.33 Å². The molecular formula is C19H16N4OS2. The Kier molecular flexibility index (Phi) is 4.75. The summed E-state index contributed by atoms with van der Waals surface area (Å²) < 4.78 is 0.981. The second-order valence-corrected chi connectivity index (χ2v) is 7.70. The number of hydrogen-bond acceptors (Lipinski definition) is 7. The number of aliphatic hydroxyl groups is 1. The predicted octanol–water partition coefficient (Wildman–Crippen LogP) is 4.67. The molecule has 0 aliphatic heterocycles. The van der Waals surface area contributed by atoms with E-state index in [0.29, 0.717) is 5.82 Å². The number of fused-ring (bicyclic) bond motifs is 1. The Bertz CT molecular complexity index is 1050. The van der Waals surface area contributed by atoms with Gasteiger partial charge in [-0.05, 0) is 35.1 Å². The average Bonchev–Trinajstić information content (AvgIpc) is 3.31. The molecule has 0 spiro atoms. The molecule has 4 rings (SSSR count). The summed E-state index contributed by atoms with van der Waals surface area (Å²) in [4.78, 5) is 11.0. The second kappa shape index (κ2) is 7.33. The van der Waals surface area contributed by atoms with Crippen LogP contribution in [0.4, 0.5) is 5.82 Å². The Balaban J connectivity index is 1.69. The smallest absolute Gasteiger partial charge is 0.167 e. The van der Waals surface area contributed by atoms with Crippen LogP contribution in [0.5, 0.6) is 0 Å². The Morgan fingerprint density at radius 2 is 2.04 bits per heavy atom. The molecule has 0 bridgehead atoms. The average molecular weight is 380 g/mol. The minimum absolute atomic E-state index is 0.0491. The number of nitrogens with one attached hydrogen (secondary N) is 1. The van der Waals surface area contributed by atoms with Gasteiger partial charge in [-0.3, -0.25) is 5.43 Å². The number of anilines is 1. The molecule has 2 N–H and O–H groups in total. The van der Waals surface area contributed by atoms with E-state index in [2.05, 4.69) is 27.4 Å². The van der Waals surface area contributed by atoms with E-state index >= 15 is 0 Å². The van der Waals surface area contributed by atoms with Crippen molar-refractivity contribution in [3.63, 3.8) is 0 Å². The number of rotatable bonds is 5. The van der Waals surface area contributed by atoms with Gasteiger partial charge in [-0.2, -0.15) is 5.10 Å². The summed E-state index contributed by atoms with van der Waals surface area (Å²) in [6.45, 7) is 2.12. The van der Waals surface area contributed by atoms with Crippen molar-refractivity contribution in [3.05, 3.63) is 64.1 Å². The van der Waals surface area contributed by atoms with E-state index in [1.54, 1.807) is 35.2 Å². The Labute approximate surface area is 158 Å². The van der Waals surface area contributed by atoms with Gasteiger partial charge in [-0.25, -0.2) is 9.97 Å². The van der Waals surface area contributed by atoms with Crippen molar-refractivity contribution in [3.8, 4) is 10.4 Å². The fraction of sp³-hybridized carbons (Fsp3) is 0.105. The Morgan fingerprint density at radius 3 is 2.77 bits per heavy atom. The Morgan fingerprint density at radius 1 is 1.19 bits per heavy atom. The van der Waals surface area contributed by atoms with Crippen LogP contribution in [0.15, 0.2) is 53.2 Å². The number of aryl methyl sites for hydroxylation is 1. The summed E-state index contributed by atoms with van der Waals surface area (Å²) in [7, 11) is 0. The normalized spacial score (nSPS) is 11.5. The first-order valence-electron chi connectivity index (χ1n) is 8.03. The molecule has 0 aliphatic carbocycles. The van der Waals surface area contributed by atoms with Crippen molar-refractivity contribution in [1.29, 1.82) is 0 Å². The molecule has 0 amide bonds. The molecule has 1 aromatic carbocycles. The predicted molar refractivity (Wildman–Crippen MR) is 109 cm³/mol. The van der Waals surface area contributed by atoms with Gasteiger partial charge in [0.05, 0.1) is 23.0 Å². The highest BCUT2D eigenvalue weighted by atomic mass is 32.1. The first-order chi connectivity index (χ1) is 12.8. The number of thiophene rings is 2. The first-order valence-corrected chi connectivity index (χ1v) is 9.72. The van der Waals surface area contributed by atoms with Crippen LogP contribution in [-0.2, 0) is 6.61 Å². The van der Waals surface area contributed by atoms with Gasteiger partial charge < -0.3 is 5.11 Å². The monoisotopic (exact) mass is 380 g/mol. The molecule has 0 saturated heterocycles. The number of aliphatic hydroxyl groups excluding tert-OH is 1. The van der Waals surface area contributed by atoms with E-state index in [1.807, 2.05) is 41.8 Å². The third kappa shape index (κ3) is 3.24. The molecule has 4 aromatic rings. The first kappa shape index (κ1) is 16.8. The number of aromatic nitrogens is 2. The summed E-state index contributed by atoms with van der Waals surface area (Å²) in [5.74, 6) is 0.703. The van der Waals surface area contributed by atoms with Gasteiger partial charge in [-0.15, -0.1) is 22.7 Å². The van der Waals surface area contributed by atoms with Crippen molar-refractivity contribution in [2.75, 3.05) is 5.43 Å². The van der Waals surface area contributed by atoms with E-state index in [9.17, 15) is 5.11 Å². The fourth-order valence-corrected chi connectivity index (χ4v) is 4.45. The summed E-state index contributed by atoms with van der Waals surface area (Å²) in [5.41, 5.74) is 7.10. The number of nitrogens with zero attached hydrogens (tertiary/aromatic N) is 3. The summed E-state index contributed by atoms with van der Waals surface area (Å²) in [5, 5.41) is 15.5. The third-order valence-electron chi connectivity index (χ3n) is 4.01. The molecule has 7 heteroatoms. The maximum atomic E-state index is 9.22. The van der Waals surface area contributed by atoms with Crippen molar-refractivity contribution in [1.82, 2.24) is 9.97 Å². The van der Waals surface area contributed by atoms with Gasteiger partial charge in [-0.1, -0.05) is 30.3 Å². The van der Waals surface area contributed by atoms with Gasteiger partial charge in [0.2, 0.25) is 0 Å².